The molecular weight excluding hydrogens is 316 g/mol. The third-order valence-electron chi connectivity index (χ3n) is 4.30. The van der Waals surface area contributed by atoms with E-state index in [4.69, 9.17) is 4.74 Å². The van der Waals surface area contributed by atoms with Gasteiger partial charge in [-0.15, -0.1) is 0 Å². The second-order valence-electron chi connectivity index (χ2n) is 6.51. The summed E-state index contributed by atoms with van der Waals surface area (Å²) in [6.07, 6.45) is 0. The van der Waals surface area contributed by atoms with E-state index in [9.17, 15) is 9.59 Å². The summed E-state index contributed by atoms with van der Waals surface area (Å²) in [6.45, 7) is 6.22. The van der Waals surface area contributed by atoms with Crippen molar-refractivity contribution in [2.24, 2.45) is 0 Å². The predicted molar refractivity (Wildman–Crippen MR) is 98.2 cm³/mol. The van der Waals surface area contributed by atoms with Crippen molar-refractivity contribution in [2.75, 3.05) is 23.4 Å². The van der Waals surface area contributed by atoms with E-state index in [0.29, 0.717) is 23.0 Å². The van der Waals surface area contributed by atoms with Crippen molar-refractivity contribution in [3.05, 3.63) is 53.6 Å². The number of anilines is 2. The van der Waals surface area contributed by atoms with Gasteiger partial charge in [0.2, 0.25) is 5.91 Å². The fourth-order valence-electron chi connectivity index (χ4n) is 3.06. The largest absolute Gasteiger partial charge is 0.484 e. The van der Waals surface area contributed by atoms with E-state index in [2.05, 4.69) is 19.2 Å². The summed E-state index contributed by atoms with van der Waals surface area (Å²) in [5.74, 6) is 0.654. The number of nitrogens with one attached hydrogen (secondary N) is 1. The van der Waals surface area contributed by atoms with Crippen LogP contribution in [-0.4, -0.2) is 25.0 Å². The third kappa shape index (κ3) is 3.65. The van der Waals surface area contributed by atoms with Crippen molar-refractivity contribution >= 4 is 23.2 Å². The molecule has 0 radical (unpaired) electrons. The highest BCUT2D eigenvalue weighted by molar-refractivity contribution is 6.10. The molecule has 5 nitrogen and oxygen atoms in total. The first-order valence-corrected chi connectivity index (χ1v) is 8.38. The van der Waals surface area contributed by atoms with Crippen LogP contribution in [0.3, 0.4) is 0 Å². The van der Waals surface area contributed by atoms with E-state index in [-0.39, 0.29) is 25.0 Å². The van der Waals surface area contributed by atoms with Gasteiger partial charge < -0.3 is 10.1 Å². The Bertz CT molecular complexity index is 814. The van der Waals surface area contributed by atoms with Gasteiger partial charge in [-0.1, -0.05) is 32.0 Å². The number of rotatable bonds is 4. The monoisotopic (exact) mass is 338 g/mol. The fraction of sp³-hybridized carbons (Fsp3) is 0.300. The Morgan fingerprint density at radius 2 is 2.00 bits per heavy atom. The van der Waals surface area contributed by atoms with Crippen LogP contribution < -0.4 is 15.0 Å². The Labute approximate surface area is 147 Å². The van der Waals surface area contributed by atoms with E-state index in [1.165, 1.54) is 10.5 Å². The van der Waals surface area contributed by atoms with Crippen LogP contribution >= 0.6 is 0 Å². The van der Waals surface area contributed by atoms with Gasteiger partial charge in [0.05, 0.1) is 11.4 Å². The van der Waals surface area contributed by atoms with Crippen LogP contribution in [0.2, 0.25) is 0 Å². The third-order valence-corrected chi connectivity index (χ3v) is 4.30. The second-order valence-corrected chi connectivity index (χ2v) is 6.51. The standard InChI is InChI=1S/C20H22N2O3/c1-13(2)16-9-8-15(10-14(16)3)25-12-20(24)22-11-19(23)21-17-6-4-5-7-18(17)22/h4-10,13H,11-12H2,1-3H3,(H,21,23). The van der Waals surface area contributed by atoms with Crippen molar-refractivity contribution in [2.45, 2.75) is 26.7 Å². The first-order valence-electron chi connectivity index (χ1n) is 8.38. The molecule has 25 heavy (non-hydrogen) atoms. The second kappa shape index (κ2) is 6.97. The number of benzene rings is 2. The molecule has 2 aromatic carbocycles. The summed E-state index contributed by atoms with van der Waals surface area (Å²) in [5, 5.41) is 2.77. The Morgan fingerprint density at radius 1 is 1.24 bits per heavy atom. The molecule has 0 spiro atoms. The van der Waals surface area contributed by atoms with Crippen LogP contribution in [0.15, 0.2) is 42.5 Å². The molecule has 1 N–H and O–H groups in total. The van der Waals surface area contributed by atoms with Crippen molar-refractivity contribution in [3.8, 4) is 5.75 Å². The van der Waals surface area contributed by atoms with Gasteiger partial charge in [-0.2, -0.15) is 0 Å². The molecule has 5 heteroatoms. The maximum atomic E-state index is 12.6. The minimum Gasteiger partial charge on any atom is -0.484 e. The first kappa shape index (κ1) is 17.0. The smallest absolute Gasteiger partial charge is 0.265 e. The van der Waals surface area contributed by atoms with E-state index in [1.54, 1.807) is 6.07 Å². The molecule has 3 rings (SSSR count). The van der Waals surface area contributed by atoms with Gasteiger partial charge in [0.15, 0.2) is 6.61 Å². The van der Waals surface area contributed by atoms with Crippen LogP contribution in [0.1, 0.15) is 30.9 Å². The molecule has 0 saturated heterocycles. The molecule has 0 saturated carbocycles. The molecule has 0 fully saturated rings. The lowest BCUT2D eigenvalue weighted by molar-refractivity contribution is -0.123. The molecule has 1 heterocycles. The molecule has 1 aliphatic rings. The van der Waals surface area contributed by atoms with Gasteiger partial charge in [-0.25, -0.2) is 0 Å². The van der Waals surface area contributed by atoms with Gasteiger partial charge >= 0.3 is 0 Å². The van der Waals surface area contributed by atoms with E-state index in [0.717, 1.165) is 5.56 Å². The molecule has 0 bridgehead atoms. The van der Waals surface area contributed by atoms with Gasteiger partial charge in [-0.3, -0.25) is 14.5 Å². The van der Waals surface area contributed by atoms with Crippen molar-refractivity contribution < 1.29 is 14.3 Å². The molecule has 1 aliphatic heterocycles. The van der Waals surface area contributed by atoms with E-state index in [1.807, 2.05) is 43.3 Å². The number of nitrogens with zero attached hydrogens (tertiary/aromatic N) is 1. The number of carbonyl (C=O) groups is 2. The summed E-state index contributed by atoms with van der Waals surface area (Å²) in [5.41, 5.74) is 3.74. The number of fused-ring (bicyclic) bond motifs is 1. The van der Waals surface area contributed by atoms with Gasteiger partial charge in [-0.05, 0) is 48.2 Å². The Hall–Kier alpha value is -2.82. The van der Waals surface area contributed by atoms with Crippen molar-refractivity contribution in [1.82, 2.24) is 0 Å². The zero-order valence-electron chi connectivity index (χ0n) is 14.7. The molecule has 0 aromatic heterocycles. The average Bonchev–Trinajstić information content (AvgIpc) is 2.58. The SMILES string of the molecule is Cc1cc(OCC(=O)N2CC(=O)Nc3ccccc32)ccc1C(C)C. The topological polar surface area (TPSA) is 58.6 Å². The molecular formula is C20H22N2O3. The number of hydrogen-bond donors (Lipinski definition) is 1. The highest BCUT2D eigenvalue weighted by Gasteiger charge is 2.26. The summed E-state index contributed by atoms with van der Waals surface area (Å²) < 4.78 is 5.66. The molecule has 0 unspecified atom stereocenters. The van der Waals surface area contributed by atoms with Gasteiger partial charge in [0.25, 0.3) is 5.91 Å². The highest BCUT2D eigenvalue weighted by atomic mass is 16.5. The minimum atomic E-state index is -0.243. The zero-order chi connectivity index (χ0) is 18.0. The normalized spacial score (nSPS) is 13.4. The predicted octanol–water partition coefficient (Wildman–Crippen LogP) is 3.48. The van der Waals surface area contributed by atoms with Crippen LogP contribution in [0, 0.1) is 6.92 Å². The quantitative estimate of drug-likeness (QED) is 0.928. The molecule has 2 aromatic rings. The van der Waals surface area contributed by atoms with Gasteiger partial charge in [0.1, 0.15) is 12.3 Å². The highest BCUT2D eigenvalue weighted by Crippen LogP contribution is 2.29. The first-order chi connectivity index (χ1) is 12.0. The van der Waals surface area contributed by atoms with Crippen LogP contribution in [0.25, 0.3) is 0 Å². The van der Waals surface area contributed by atoms with Crippen molar-refractivity contribution in [1.29, 1.82) is 0 Å². The minimum absolute atomic E-state index is 0.00449. The average molecular weight is 338 g/mol. The van der Waals surface area contributed by atoms with E-state index < -0.39 is 0 Å². The number of aryl methyl sites for hydroxylation is 1. The Balaban J connectivity index is 1.71. The number of para-hydroxylation sites is 2. The zero-order valence-corrected chi connectivity index (χ0v) is 14.7. The summed E-state index contributed by atoms with van der Waals surface area (Å²) >= 11 is 0. The van der Waals surface area contributed by atoms with Crippen LogP contribution in [0.4, 0.5) is 11.4 Å². The molecule has 0 atom stereocenters. The lowest BCUT2D eigenvalue weighted by Gasteiger charge is -2.29. The maximum Gasteiger partial charge on any atom is 0.265 e. The Kier molecular flexibility index (Phi) is 4.74. The fourth-order valence-corrected chi connectivity index (χ4v) is 3.06. The lowest BCUT2D eigenvalue weighted by atomic mass is 9.98. The summed E-state index contributed by atoms with van der Waals surface area (Å²) in [6, 6.07) is 13.1. The molecule has 0 aliphatic carbocycles. The van der Waals surface area contributed by atoms with Crippen molar-refractivity contribution in [3.63, 3.8) is 0 Å². The van der Waals surface area contributed by atoms with E-state index >= 15 is 0 Å². The molecule has 130 valence electrons. The maximum absolute atomic E-state index is 12.6. The van der Waals surface area contributed by atoms with Crippen LogP contribution in [0.5, 0.6) is 5.75 Å². The Morgan fingerprint density at radius 3 is 2.72 bits per heavy atom. The number of carbonyl (C=O) groups excluding carboxylic acids is 2. The number of hydrogen-bond acceptors (Lipinski definition) is 3. The summed E-state index contributed by atoms with van der Waals surface area (Å²) in [7, 11) is 0. The molecule has 2 amide bonds. The van der Waals surface area contributed by atoms with Gasteiger partial charge in [0, 0.05) is 0 Å². The summed E-state index contributed by atoms with van der Waals surface area (Å²) in [4.78, 5) is 25.8. The number of amides is 2. The number of ether oxygens (including phenoxy) is 1. The van der Waals surface area contributed by atoms with Crippen LogP contribution in [-0.2, 0) is 9.59 Å². The lowest BCUT2D eigenvalue weighted by Crippen LogP contribution is -2.44.